The lowest BCUT2D eigenvalue weighted by Crippen LogP contribution is -2.62. The molecule has 11 amide bonds. The van der Waals surface area contributed by atoms with Gasteiger partial charge in [0, 0.05) is 31.8 Å². The smallest absolute Gasteiger partial charge is 0.326 e. The van der Waals surface area contributed by atoms with Crippen LogP contribution in [0.3, 0.4) is 0 Å². The van der Waals surface area contributed by atoms with Crippen LogP contribution >= 0.6 is 12.6 Å². The van der Waals surface area contributed by atoms with Crippen LogP contribution in [0.4, 0.5) is 0 Å². The van der Waals surface area contributed by atoms with E-state index in [9.17, 15) is 72.9 Å². The van der Waals surface area contributed by atoms with E-state index >= 15 is 0 Å². The molecule has 13 atom stereocenters. The second-order valence-corrected chi connectivity index (χ2v) is 22.3. The molecule has 4 heterocycles. The molecule has 4 aliphatic heterocycles. The molecule has 4 saturated heterocycles. The fourth-order valence-electron chi connectivity index (χ4n) is 10.8. The van der Waals surface area contributed by atoms with Crippen LogP contribution in [0.5, 0.6) is 0 Å². The minimum Gasteiger partial charge on any atom is -0.480 e. The Hall–Kier alpha value is -6.21. The van der Waals surface area contributed by atoms with Gasteiger partial charge in [-0.15, -0.1) is 0 Å². The Morgan fingerprint density at radius 1 is 0.578 bits per heavy atom. The van der Waals surface area contributed by atoms with Gasteiger partial charge in [0.2, 0.25) is 65.0 Å². The van der Waals surface area contributed by atoms with Crippen molar-refractivity contribution in [3.63, 3.8) is 0 Å². The van der Waals surface area contributed by atoms with E-state index in [4.69, 9.17) is 17.2 Å². The number of rotatable bonds is 34. The Balaban J connectivity index is 1.43. The van der Waals surface area contributed by atoms with Crippen molar-refractivity contribution in [2.24, 2.45) is 23.1 Å². The van der Waals surface area contributed by atoms with Crippen molar-refractivity contribution in [3.8, 4) is 0 Å². The molecule has 4 fully saturated rings. The summed E-state index contributed by atoms with van der Waals surface area (Å²) in [5.74, 6) is -10.5. The maximum Gasteiger partial charge on any atom is 0.326 e. The number of carbonyl (C=O) groups is 12. The number of likely N-dealkylation sites (tertiary alicyclic amines) is 3. The molecule has 0 aromatic heterocycles. The number of unbranched alkanes of at least 4 members (excludes halogenated alkanes) is 2. The zero-order chi connectivity index (χ0) is 61.5. The van der Waals surface area contributed by atoms with E-state index in [-0.39, 0.29) is 76.2 Å². The standard InChI is InChI=1S/C53H90N14O15S/c1-4-29(2)41(52(80)67-26-12-18-39(67)51(79)66-25-11-17-38(66)48(76)60-34(53(81)82)14-6-8-22-55)63-45(73)35(27-68)61-43(71)31(13-5-7-21-54)59-49(77)42(30(3)69)64-46(74)36(28-83)62-44(72)32(19-20-40(56)70)58-47(75)37-16-10-24-65(37)50(78)33-15-9-23-57-33/h29-39,41-42,57,68-69,83H,4-28,54-55H2,1-3H3,(H2,56,70)(H,58,75)(H,59,77)(H,60,76)(H,61,71)(H,62,72)(H,63,73)(H,64,74)(H,81,82)/t29-,30+,31-,32-,33-,34-,35-,36-,37-,38-,39-,41-,42-/m0/s1. The summed E-state index contributed by atoms with van der Waals surface area (Å²) in [5, 5.41) is 51.7. The van der Waals surface area contributed by atoms with Crippen LogP contribution in [-0.4, -0.2) is 225 Å². The summed E-state index contributed by atoms with van der Waals surface area (Å²) in [6.45, 7) is 5.52. The number of aliphatic hydroxyl groups is 2. The van der Waals surface area contributed by atoms with E-state index in [1.165, 1.54) is 21.6 Å². The normalized spacial score (nSPS) is 21.9. The first kappa shape index (κ1) is 69.3. The van der Waals surface area contributed by atoms with Gasteiger partial charge < -0.3 is 89.8 Å². The number of hydrogen-bond acceptors (Lipinski definition) is 18. The number of aliphatic hydroxyl groups excluding tert-OH is 2. The third-order valence-electron chi connectivity index (χ3n) is 15.8. The Morgan fingerprint density at radius 3 is 1.57 bits per heavy atom. The lowest BCUT2D eigenvalue weighted by Gasteiger charge is -2.35. The molecule has 0 aromatic carbocycles. The zero-order valence-electron chi connectivity index (χ0n) is 47.9. The summed E-state index contributed by atoms with van der Waals surface area (Å²) in [6.07, 6.45) is 3.52. The molecule has 29 nitrogen and oxygen atoms in total. The highest BCUT2D eigenvalue weighted by Crippen LogP contribution is 2.28. The monoisotopic (exact) mass is 1190 g/mol. The molecule has 0 aromatic rings. The quantitative estimate of drug-likeness (QED) is 0.0212. The van der Waals surface area contributed by atoms with Crippen LogP contribution in [0.25, 0.3) is 0 Å². The molecule has 30 heteroatoms. The van der Waals surface area contributed by atoms with Crippen molar-refractivity contribution in [1.29, 1.82) is 0 Å². The third kappa shape index (κ3) is 20.0. The SMILES string of the molecule is CC[C@H](C)[C@H](NC(=O)[C@H](CO)NC(=O)[C@H](CCCCN)NC(=O)[C@@H](NC(=O)[C@H](CS)NC(=O)[C@H](CCC(N)=O)NC(=O)[C@@H]1CCCN1C(=O)[C@@H]1CCCN1)[C@@H](C)O)C(=O)N1CCC[C@H]1C(=O)N1CCC[C@H]1C(=O)N[C@@H](CCCCN)C(=O)O. The summed E-state index contributed by atoms with van der Waals surface area (Å²) in [5.41, 5.74) is 16.7. The Bertz CT molecular complexity index is 2280. The van der Waals surface area contributed by atoms with Gasteiger partial charge >= 0.3 is 5.97 Å². The Labute approximate surface area is 489 Å². The van der Waals surface area contributed by atoms with Crippen LogP contribution in [0.15, 0.2) is 0 Å². The van der Waals surface area contributed by atoms with Gasteiger partial charge in [0.1, 0.15) is 60.4 Å². The topological polar surface area (TPSA) is 450 Å². The number of nitrogens with two attached hydrogens (primary N) is 3. The van der Waals surface area contributed by atoms with Crippen LogP contribution in [-0.2, 0) is 57.5 Å². The van der Waals surface area contributed by atoms with E-state index in [1.54, 1.807) is 13.8 Å². The van der Waals surface area contributed by atoms with Crippen LogP contribution in [0.2, 0.25) is 0 Å². The lowest BCUT2D eigenvalue weighted by atomic mass is 9.96. The highest BCUT2D eigenvalue weighted by Gasteiger charge is 2.46. The highest BCUT2D eigenvalue weighted by molar-refractivity contribution is 7.80. The first-order valence-electron chi connectivity index (χ1n) is 29.1. The maximum atomic E-state index is 14.5. The van der Waals surface area contributed by atoms with Gasteiger partial charge in [-0.25, -0.2) is 4.79 Å². The number of thiol groups is 1. The predicted octanol–water partition coefficient (Wildman–Crippen LogP) is -4.94. The van der Waals surface area contributed by atoms with Crippen molar-refractivity contribution >= 4 is 83.6 Å². The predicted molar refractivity (Wildman–Crippen MR) is 303 cm³/mol. The summed E-state index contributed by atoms with van der Waals surface area (Å²) in [4.78, 5) is 167. The number of nitrogens with zero attached hydrogens (tertiary/aromatic N) is 3. The summed E-state index contributed by atoms with van der Waals surface area (Å²) < 4.78 is 0. The van der Waals surface area contributed by atoms with Gasteiger partial charge in [-0.05, 0) is 129 Å². The number of carboxylic acids is 1. The number of nitrogens with one attached hydrogen (secondary N) is 8. The van der Waals surface area contributed by atoms with Gasteiger partial charge in [-0.2, -0.15) is 12.6 Å². The first-order valence-corrected chi connectivity index (χ1v) is 29.7. The van der Waals surface area contributed by atoms with Crippen molar-refractivity contribution in [2.45, 2.75) is 202 Å². The number of primary amides is 1. The number of carbonyl (C=O) groups excluding carboxylic acids is 11. The number of aliphatic carboxylic acids is 1. The molecule has 4 aliphatic rings. The Kier molecular flexibility index (Phi) is 28.8. The molecule has 83 heavy (non-hydrogen) atoms. The van der Waals surface area contributed by atoms with E-state index in [1.807, 2.05) is 0 Å². The van der Waals surface area contributed by atoms with Crippen LogP contribution in [0, 0.1) is 5.92 Å². The summed E-state index contributed by atoms with van der Waals surface area (Å²) in [7, 11) is 0. The van der Waals surface area contributed by atoms with Gasteiger partial charge in [0.15, 0.2) is 0 Å². The lowest BCUT2D eigenvalue weighted by molar-refractivity contribution is -0.149. The van der Waals surface area contributed by atoms with Gasteiger partial charge in [0.25, 0.3) is 0 Å². The molecule has 0 unspecified atom stereocenters. The molecular formula is C53H90N14O15S. The highest BCUT2D eigenvalue weighted by atomic mass is 32.1. The van der Waals surface area contributed by atoms with Crippen molar-refractivity contribution in [3.05, 3.63) is 0 Å². The number of amides is 11. The second kappa shape index (κ2) is 34.5. The van der Waals surface area contributed by atoms with E-state index in [2.05, 4.69) is 55.2 Å². The molecule has 0 spiro atoms. The number of hydrogen-bond donors (Lipinski definition) is 15. The molecule has 17 N–H and O–H groups in total. The van der Waals surface area contributed by atoms with Crippen molar-refractivity contribution in [1.82, 2.24) is 57.2 Å². The van der Waals surface area contributed by atoms with Crippen molar-refractivity contribution < 1.29 is 72.9 Å². The molecule has 0 saturated carbocycles. The third-order valence-corrected chi connectivity index (χ3v) is 16.1. The largest absolute Gasteiger partial charge is 0.480 e. The molecular weight excluding hydrogens is 1100 g/mol. The number of carboxylic acid groups (broad SMARTS) is 1. The molecule has 0 radical (unpaired) electrons. The second-order valence-electron chi connectivity index (χ2n) is 21.9. The van der Waals surface area contributed by atoms with Crippen LogP contribution in [0.1, 0.15) is 130 Å². The van der Waals surface area contributed by atoms with E-state index in [0.29, 0.717) is 77.4 Å². The maximum absolute atomic E-state index is 14.5. The van der Waals surface area contributed by atoms with Crippen molar-refractivity contribution in [2.75, 3.05) is 51.6 Å². The Morgan fingerprint density at radius 2 is 1.06 bits per heavy atom. The zero-order valence-corrected chi connectivity index (χ0v) is 48.8. The first-order chi connectivity index (χ1) is 39.5. The van der Waals surface area contributed by atoms with Gasteiger partial charge in [-0.3, -0.25) is 52.7 Å². The average Bonchev–Trinajstić information content (AvgIpc) is 4.44. The average molecular weight is 1200 g/mol. The fraction of sp³-hybridized carbons (Fsp3) is 0.774. The van der Waals surface area contributed by atoms with E-state index in [0.717, 1.165) is 6.42 Å². The van der Waals surface area contributed by atoms with Gasteiger partial charge in [-0.1, -0.05) is 20.3 Å². The molecule has 4 rings (SSSR count). The summed E-state index contributed by atoms with van der Waals surface area (Å²) >= 11 is 4.21. The molecule has 0 aliphatic carbocycles. The fourth-order valence-corrected chi connectivity index (χ4v) is 11.0. The summed E-state index contributed by atoms with van der Waals surface area (Å²) in [6, 6.07) is -13.6. The van der Waals surface area contributed by atoms with E-state index < -0.39 is 150 Å². The van der Waals surface area contributed by atoms with Gasteiger partial charge in [0.05, 0.1) is 18.8 Å². The molecule has 468 valence electrons. The molecule has 0 bridgehead atoms. The minimum absolute atomic E-state index is 0.0835. The van der Waals surface area contributed by atoms with Crippen LogP contribution < -0.4 is 59.7 Å². The minimum atomic E-state index is -1.77.